The van der Waals surface area contributed by atoms with E-state index in [1.54, 1.807) is 13.0 Å². The molecule has 5 nitrogen and oxygen atoms in total. The summed E-state index contributed by atoms with van der Waals surface area (Å²) in [6.07, 6.45) is 4.30. The number of nitrogens with one attached hydrogen (secondary N) is 1. The fraction of sp³-hybridized carbons (Fsp3) is 0.708. The molecular weight excluding hydrogens is 451 g/mol. The van der Waals surface area contributed by atoms with Crippen molar-refractivity contribution in [3.8, 4) is 0 Å². The molecule has 184 valence electrons. The lowest BCUT2D eigenvalue weighted by molar-refractivity contribution is -0.137. The molecule has 1 aromatic carbocycles. The predicted molar refractivity (Wildman–Crippen MR) is 123 cm³/mol. The summed E-state index contributed by atoms with van der Waals surface area (Å²) < 4.78 is 64.6. The van der Waals surface area contributed by atoms with Gasteiger partial charge in [0.15, 0.2) is 5.84 Å². The zero-order valence-corrected chi connectivity index (χ0v) is 20.2. The molecular formula is C24H34F3N3O2S. The number of nitrogens with zero attached hydrogens (tertiary/aromatic N) is 2. The molecule has 2 bridgehead atoms. The van der Waals surface area contributed by atoms with Gasteiger partial charge in [0.25, 0.3) is 0 Å². The molecule has 1 atom stereocenters. The number of hydrogen-bond acceptors (Lipinski definition) is 5. The van der Waals surface area contributed by atoms with Crippen molar-refractivity contribution in [2.45, 2.75) is 77.1 Å². The van der Waals surface area contributed by atoms with Crippen molar-refractivity contribution in [1.29, 1.82) is 0 Å². The van der Waals surface area contributed by atoms with Crippen LogP contribution in [0.5, 0.6) is 0 Å². The van der Waals surface area contributed by atoms with Crippen LogP contribution in [0.15, 0.2) is 29.4 Å². The van der Waals surface area contributed by atoms with Crippen molar-refractivity contribution in [3.05, 3.63) is 35.4 Å². The van der Waals surface area contributed by atoms with E-state index in [0.717, 1.165) is 57.4 Å². The van der Waals surface area contributed by atoms with Gasteiger partial charge in [0.2, 0.25) is 0 Å². The molecule has 1 unspecified atom stereocenters. The van der Waals surface area contributed by atoms with Gasteiger partial charge >= 0.3 is 6.18 Å². The van der Waals surface area contributed by atoms with Gasteiger partial charge < -0.3 is 4.90 Å². The number of hydrogen-bond donors (Lipinski definition) is 1. The maximum atomic E-state index is 13.6. The molecule has 1 aliphatic heterocycles. The number of halogens is 3. The fourth-order valence-electron chi connectivity index (χ4n) is 6.32. The van der Waals surface area contributed by atoms with Crippen LogP contribution in [0.1, 0.15) is 75.8 Å². The van der Waals surface area contributed by atoms with Crippen LogP contribution in [0.2, 0.25) is 0 Å². The predicted octanol–water partition coefficient (Wildman–Crippen LogP) is 5.17. The summed E-state index contributed by atoms with van der Waals surface area (Å²) >= 11 is 0. The average Bonchev–Trinajstić information content (AvgIpc) is 2.96. The summed E-state index contributed by atoms with van der Waals surface area (Å²) in [6, 6.07) is 5.62. The van der Waals surface area contributed by atoms with Crippen molar-refractivity contribution in [2.24, 2.45) is 15.9 Å². The monoisotopic (exact) mass is 485 g/mol. The summed E-state index contributed by atoms with van der Waals surface area (Å²) in [6.45, 7) is 1.70. The maximum absolute atomic E-state index is 13.6. The van der Waals surface area contributed by atoms with Crippen molar-refractivity contribution < 1.29 is 21.6 Å². The second-order valence-electron chi connectivity index (χ2n) is 10.2. The summed E-state index contributed by atoms with van der Waals surface area (Å²) in [5.41, 5.74) is 2.80. The zero-order valence-electron chi connectivity index (χ0n) is 19.4. The van der Waals surface area contributed by atoms with Crippen LogP contribution in [0, 0.1) is 10.8 Å². The molecule has 3 saturated carbocycles. The molecule has 0 amide bonds. The molecule has 9 heteroatoms. The minimum absolute atomic E-state index is 0.0390. The smallest absolute Gasteiger partial charge is 0.336 e. The summed E-state index contributed by atoms with van der Waals surface area (Å²) in [7, 11) is -1.10. The van der Waals surface area contributed by atoms with Gasteiger partial charge in [0, 0.05) is 23.8 Å². The standard InChI is InChI=1S/C24H34F3N3O2S/c1-3-33(31,32)17-7-11-22-10-6-12-23(15-13-22,16-14-22)21-29-28-20(30(21)2)18-8-4-5-9-19(18)24(25,26)27/h4-5,8-9,21,29H,3,6-7,10-17H2,1-2H3. The molecule has 33 heavy (non-hydrogen) atoms. The number of hydrazone groups is 1. The molecule has 1 heterocycles. The average molecular weight is 486 g/mol. The molecule has 1 N–H and O–H groups in total. The van der Waals surface area contributed by atoms with Crippen molar-refractivity contribution in [3.63, 3.8) is 0 Å². The van der Waals surface area contributed by atoms with E-state index in [2.05, 4.69) is 10.5 Å². The molecule has 3 aliphatic carbocycles. The lowest BCUT2D eigenvalue weighted by atomic mass is 9.62. The molecule has 0 aromatic heterocycles. The summed E-state index contributed by atoms with van der Waals surface area (Å²) in [5, 5.41) is 4.39. The Bertz CT molecular complexity index is 998. The van der Waals surface area contributed by atoms with Crippen LogP contribution in [-0.4, -0.2) is 43.9 Å². The number of amidine groups is 1. The van der Waals surface area contributed by atoms with E-state index in [1.165, 1.54) is 12.1 Å². The molecule has 0 radical (unpaired) electrons. The Labute approximate surface area is 194 Å². The Morgan fingerprint density at radius 2 is 1.82 bits per heavy atom. The number of alkyl halides is 3. The highest BCUT2D eigenvalue weighted by atomic mass is 32.2. The topological polar surface area (TPSA) is 61.8 Å². The quantitative estimate of drug-likeness (QED) is 0.579. The van der Waals surface area contributed by atoms with E-state index in [9.17, 15) is 21.6 Å². The minimum atomic E-state index is -4.44. The Hall–Kier alpha value is -1.77. The summed E-state index contributed by atoms with van der Waals surface area (Å²) in [4.78, 5) is 1.90. The first-order valence-electron chi connectivity index (χ1n) is 11.9. The highest BCUT2D eigenvalue weighted by molar-refractivity contribution is 7.91. The molecule has 1 aromatic rings. The third-order valence-corrected chi connectivity index (χ3v) is 10.1. The first-order valence-corrected chi connectivity index (χ1v) is 13.8. The van der Waals surface area contributed by atoms with E-state index in [0.29, 0.717) is 12.3 Å². The van der Waals surface area contributed by atoms with Crippen LogP contribution in [0.4, 0.5) is 13.2 Å². The van der Waals surface area contributed by atoms with Gasteiger partial charge in [-0.3, -0.25) is 5.43 Å². The largest absolute Gasteiger partial charge is 0.417 e. The van der Waals surface area contributed by atoms with Crippen molar-refractivity contribution in [2.75, 3.05) is 18.6 Å². The number of benzene rings is 1. The van der Waals surface area contributed by atoms with Crippen LogP contribution in [0.3, 0.4) is 0 Å². The summed E-state index contributed by atoms with van der Waals surface area (Å²) in [5.74, 6) is 0.801. The first-order chi connectivity index (χ1) is 15.5. The van der Waals surface area contributed by atoms with Crippen LogP contribution in [0.25, 0.3) is 0 Å². The van der Waals surface area contributed by atoms with E-state index in [4.69, 9.17) is 0 Å². The first kappa shape index (κ1) is 24.4. The fourth-order valence-corrected chi connectivity index (χ4v) is 7.20. The van der Waals surface area contributed by atoms with Gasteiger partial charge in [-0.15, -0.1) is 0 Å². The van der Waals surface area contributed by atoms with Gasteiger partial charge in [0.1, 0.15) is 16.0 Å². The Balaban J connectivity index is 1.47. The Morgan fingerprint density at radius 3 is 2.48 bits per heavy atom. The van der Waals surface area contributed by atoms with E-state index >= 15 is 0 Å². The third-order valence-electron chi connectivity index (χ3n) is 8.36. The number of fused-ring (bicyclic) bond motifs is 4. The van der Waals surface area contributed by atoms with Crippen LogP contribution in [-0.2, 0) is 16.0 Å². The SMILES string of the molecule is CCS(=O)(=O)CCCC12CCCC(C3NN=C(c4ccccc4C(F)(F)F)N3C)(CC1)CC2. The van der Waals surface area contributed by atoms with E-state index < -0.39 is 21.6 Å². The number of sulfone groups is 1. The van der Waals surface area contributed by atoms with Gasteiger partial charge in [-0.05, 0) is 62.8 Å². The van der Waals surface area contributed by atoms with Crippen molar-refractivity contribution >= 4 is 15.7 Å². The van der Waals surface area contributed by atoms with Gasteiger partial charge in [-0.2, -0.15) is 18.3 Å². The van der Waals surface area contributed by atoms with Gasteiger partial charge in [0.05, 0.1) is 11.3 Å². The lowest BCUT2D eigenvalue weighted by Gasteiger charge is -2.47. The maximum Gasteiger partial charge on any atom is 0.417 e. The minimum Gasteiger partial charge on any atom is -0.336 e. The zero-order chi connectivity index (χ0) is 23.9. The second-order valence-corrected chi connectivity index (χ2v) is 12.6. The molecule has 5 rings (SSSR count). The molecule has 3 fully saturated rings. The lowest BCUT2D eigenvalue weighted by Crippen LogP contribution is -2.52. The van der Waals surface area contributed by atoms with Crippen LogP contribution < -0.4 is 5.43 Å². The van der Waals surface area contributed by atoms with Crippen LogP contribution >= 0.6 is 0 Å². The van der Waals surface area contributed by atoms with Gasteiger partial charge in [-0.1, -0.05) is 31.5 Å². The molecule has 0 saturated heterocycles. The second kappa shape index (κ2) is 8.78. The third kappa shape index (κ3) is 4.75. The number of rotatable bonds is 7. The highest BCUT2D eigenvalue weighted by Gasteiger charge is 2.52. The molecule has 4 aliphatic rings. The Kier molecular flexibility index (Phi) is 6.48. The Morgan fingerprint density at radius 1 is 1.12 bits per heavy atom. The van der Waals surface area contributed by atoms with E-state index in [-0.39, 0.29) is 34.1 Å². The van der Waals surface area contributed by atoms with E-state index in [1.807, 2.05) is 11.9 Å². The highest BCUT2D eigenvalue weighted by Crippen LogP contribution is 2.58. The van der Waals surface area contributed by atoms with Crippen molar-refractivity contribution in [1.82, 2.24) is 10.3 Å². The van der Waals surface area contributed by atoms with Gasteiger partial charge in [-0.25, -0.2) is 8.42 Å². The normalized spacial score (nSPS) is 30.2. The molecule has 0 spiro atoms.